The Morgan fingerprint density at radius 2 is 2.25 bits per heavy atom. The third kappa shape index (κ3) is 2.75. The highest BCUT2D eigenvalue weighted by Crippen LogP contribution is 2.16. The van der Waals surface area contributed by atoms with Crippen LogP contribution in [-0.4, -0.2) is 35.7 Å². The van der Waals surface area contributed by atoms with E-state index in [-0.39, 0.29) is 12.4 Å². The highest BCUT2D eigenvalue weighted by molar-refractivity contribution is 5.85. The molecule has 0 aromatic carbocycles. The molecule has 92 valence electrons. The predicted octanol–water partition coefficient (Wildman–Crippen LogP) is 1.51. The van der Waals surface area contributed by atoms with E-state index in [1.54, 1.807) is 0 Å². The number of rotatable bonds is 2. The van der Waals surface area contributed by atoms with E-state index in [0.717, 1.165) is 37.6 Å². The molecule has 0 radical (unpaired) electrons. The monoisotopic (exact) mass is 245 g/mol. The zero-order valence-electron chi connectivity index (χ0n) is 10.1. The van der Waals surface area contributed by atoms with Gasteiger partial charge in [0.1, 0.15) is 5.76 Å². The third-order valence-electron chi connectivity index (χ3n) is 3.18. The molecule has 0 amide bonds. The number of aryl methyl sites for hydroxylation is 2. The van der Waals surface area contributed by atoms with Crippen LogP contribution >= 0.6 is 12.4 Å². The lowest BCUT2D eigenvalue weighted by atomic mass is 10.1. The lowest BCUT2D eigenvalue weighted by molar-refractivity contribution is 0.164. The third-order valence-corrected chi connectivity index (χ3v) is 3.18. The average Bonchev–Trinajstić information content (AvgIpc) is 2.53. The molecular weight excluding hydrogens is 226 g/mol. The molecule has 5 heteroatoms. The van der Waals surface area contributed by atoms with E-state index in [9.17, 15) is 0 Å². The number of halogens is 1. The van der Waals surface area contributed by atoms with Crippen molar-refractivity contribution in [1.29, 1.82) is 0 Å². The van der Waals surface area contributed by atoms with Crippen LogP contribution in [0.4, 0.5) is 0 Å². The first-order chi connectivity index (χ1) is 7.18. The summed E-state index contributed by atoms with van der Waals surface area (Å²) in [5, 5.41) is 7.38. The molecule has 1 unspecified atom stereocenters. The van der Waals surface area contributed by atoms with Crippen molar-refractivity contribution in [3.63, 3.8) is 0 Å². The number of aromatic nitrogens is 1. The van der Waals surface area contributed by atoms with Crippen molar-refractivity contribution in [2.75, 3.05) is 19.6 Å². The summed E-state index contributed by atoms with van der Waals surface area (Å²) in [6, 6.07) is 0.590. The van der Waals surface area contributed by atoms with Gasteiger partial charge < -0.3 is 9.84 Å². The molecule has 1 aliphatic rings. The molecule has 0 saturated carbocycles. The zero-order valence-corrected chi connectivity index (χ0v) is 10.9. The van der Waals surface area contributed by atoms with Gasteiger partial charge in [-0.1, -0.05) is 5.16 Å². The normalized spacial score (nSPS) is 21.8. The fraction of sp³-hybridized carbons (Fsp3) is 0.727. The number of hydrogen-bond acceptors (Lipinski definition) is 4. The van der Waals surface area contributed by atoms with Gasteiger partial charge >= 0.3 is 0 Å². The summed E-state index contributed by atoms with van der Waals surface area (Å²) in [7, 11) is 0. The van der Waals surface area contributed by atoms with Gasteiger partial charge in [0.15, 0.2) is 0 Å². The molecule has 0 spiro atoms. The molecule has 2 rings (SSSR count). The van der Waals surface area contributed by atoms with Gasteiger partial charge in [-0.15, -0.1) is 12.4 Å². The van der Waals surface area contributed by atoms with Gasteiger partial charge in [0.2, 0.25) is 0 Å². The van der Waals surface area contributed by atoms with Gasteiger partial charge in [0.05, 0.1) is 5.69 Å². The van der Waals surface area contributed by atoms with Gasteiger partial charge in [0.25, 0.3) is 0 Å². The molecule has 1 aliphatic heterocycles. The van der Waals surface area contributed by atoms with Gasteiger partial charge in [0, 0.05) is 37.8 Å². The lowest BCUT2D eigenvalue weighted by Gasteiger charge is -2.33. The molecule has 1 saturated heterocycles. The minimum absolute atomic E-state index is 0. The number of nitrogens with zero attached hydrogens (tertiary/aromatic N) is 2. The number of hydrogen-bond donors (Lipinski definition) is 1. The van der Waals surface area contributed by atoms with Gasteiger partial charge in [-0.05, 0) is 20.8 Å². The van der Waals surface area contributed by atoms with E-state index >= 15 is 0 Å². The summed E-state index contributed by atoms with van der Waals surface area (Å²) >= 11 is 0. The maximum absolute atomic E-state index is 5.18. The minimum Gasteiger partial charge on any atom is -0.361 e. The summed E-state index contributed by atoms with van der Waals surface area (Å²) in [6.07, 6.45) is 0. The molecule has 1 aromatic rings. The minimum atomic E-state index is 0. The number of nitrogens with one attached hydrogen (secondary N) is 1. The van der Waals surface area contributed by atoms with Crippen LogP contribution in [0.3, 0.4) is 0 Å². The van der Waals surface area contributed by atoms with E-state index in [2.05, 4.69) is 22.3 Å². The second-order valence-corrected chi connectivity index (χ2v) is 4.33. The van der Waals surface area contributed by atoms with Crippen LogP contribution in [0.2, 0.25) is 0 Å². The SMILES string of the molecule is Cc1noc(C)c1CN1CCNCC1C.Cl. The zero-order chi connectivity index (χ0) is 10.8. The van der Waals surface area contributed by atoms with Crippen LogP contribution in [0.5, 0.6) is 0 Å². The van der Waals surface area contributed by atoms with Crippen molar-refractivity contribution in [3.05, 3.63) is 17.0 Å². The number of piperazine rings is 1. The first kappa shape index (κ1) is 13.5. The highest BCUT2D eigenvalue weighted by atomic mass is 35.5. The summed E-state index contributed by atoms with van der Waals surface area (Å²) in [4.78, 5) is 2.48. The highest BCUT2D eigenvalue weighted by Gasteiger charge is 2.20. The molecule has 1 N–H and O–H groups in total. The van der Waals surface area contributed by atoms with Crippen LogP contribution in [0.1, 0.15) is 23.9 Å². The Morgan fingerprint density at radius 3 is 2.81 bits per heavy atom. The maximum atomic E-state index is 5.18. The molecule has 1 aromatic heterocycles. The van der Waals surface area contributed by atoms with Crippen LogP contribution in [0.15, 0.2) is 4.52 Å². The van der Waals surface area contributed by atoms with Crippen LogP contribution in [0, 0.1) is 13.8 Å². The van der Waals surface area contributed by atoms with E-state index in [1.165, 1.54) is 5.56 Å². The summed E-state index contributed by atoms with van der Waals surface area (Å²) < 4.78 is 5.18. The first-order valence-corrected chi connectivity index (χ1v) is 5.55. The second-order valence-electron chi connectivity index (χ2n) is 4.33. The Kier molecular flexibility index (Phi) is 4.77. The van der Waals surface area contributed by atoms with E-state index in [1.807, 2.05) is 13.8 Å². The van der Waals surface area contributed by atoms with Crippen LogP contribution in [-0.2, 0) is 6.54 Å². The van der Waals surface area contributed by atoms with Crippen LogP contribution < -0.4 is 5.32 Å². The van der Waals surface area contributed by atoms with Crippen molar-refractivity contribution in [3.8, 4) is 0 Å². The molecule has 2 heterocycles. The first-order valence-electron chi connectivity index (χ1n) is 5.55. The van der Waals surface area contributed by atoms with Crippen molar-refractivity contribution in [2.24, 2.45) is 0 Å². The Bertz CT molecular complexity index is 320. The molecular formula is C11H20ClN3O. The molecule has 0 bridgehead atoms. The maximum Gasteiger partial charge on any atom is 0.138 e. The van der Waals surface area contributed by atoms with Crippen molar-refractivity contribution < 1.29 is 4.52 Å². The predicted molar refractivity (Wildman–Crippen MR) is 66.0 cm³/mol. The lowest BCUT2D eigenvalue weighted by Crippen LogP contribution is -2.49. The average molecular weight is 246 g/mol. The Morgan fingerprint density at radius 1 is 1.50 bits per heavy atom. The molecule has 4 nitrogen and oxygen atoms in total. The topological polar surface area (TPSA) is 41.3 Å². The van der Waals surface area contributed by atoms with Crippen molar-refractivity contribution in [2.45, 2.75) is 33.4 Å². The molecule has 1 fully saturated rings. The van der Waals surface area contributed by atoms with Gasteiger partial charge in [-0.3, -0.25) is 4.90 Å². The quantitative estimate of drug-likeness (QED) is 0.858. The Balaban J connectivity index is 0.00000128. The van der Waals surface area contributed by atoms with E-state index in [4.69, 9.17) is 4.52 Å². The van der Waals surface area contributed by atoms with E-state index in [0.29, 0.717) is 6.04 Å². The molecule has 1 atom stereocenters. The molecule has 16 heavy (non-hydrogen) atoms. The van der Waals surface area contributed by atoms with E-state index < -0.39 is 0 Å². The van der Waals surface area contributed by atoms with Gasteiger partial charge in [-0.2, -0.15) is 0 Å². The smallest absolute Gasteiger partial charge is 0.138 e. The van der Waals surface area contributed by atoms with Crippen LogP contribution in [0.25, 0.3) is 0 Å². The summed E-state index contributed by atoms with van der Waals surface area (Å²) in [5.41, 5.74) is 2.28. The summed E-state index contributed by atoms with van der Waals surface area (Å²) in [5.74, 6) is 0.957. The Hall–Kier alpha value is -0.580. The van der Waals surface area contributed by atoms with Crippen molar-refractivity contribution in [1.82, 2.24) is 15.4 Å². The van der Waals surface area contributed by atoms with Crippen molar-refractivity contribution >= 4 is 12.4 Å². The fourth-order valence-electron chi connectivity index (χ4n) is 2.05. The summed E-state index contributed by atoms with van der Waals surface area (Å²) in [6.45, 7) is 10.5. The Labute approximate surface area is 103 Å². The second kappa shape index (κ2) is 5.66. The molecule has 0 aliphatic carbocycles. The van der Waals surface area contributed by atoms with Gasteiger partial charge in [-0.25, -0.2) is 0 Å². The largest absolute Gasteiger partial charge is 0.361 e. The fourth-order valence-corrected chi connectivity index (χ4v) is 2.05. The standard InChI is InChI=1S/C11H19N3O.ClH/c1-8-6-12-4-5-14(8)7-11-9(2)13-15-10(11)3;/h8,12H,4-7H2,1-3H3;1H.